The van der Waals surface area contributed by atoms with Gasteiger partial charge in [0.15, 0.2) is 5.78 Å². The number of carboxylic acids is 1. The first kappa shape index (κ1) is 31.2. The Bertz CT molecular complexity index is 1640. The number of piperidine rings is 1. The number of H-pyrrole nitrogens is 1. The van der Waals surface area contributed by atoms with Crippen LogP contribution in [0, 0.1) is 17.3 Å². The summed E-state index contributed by atoms with van der Waals surface area (Å²) >= 11 is 0. The molecular formula is C38H45N3O4. The molecule has 1 saturated heterocycles. The summed E-state index contributed by atoms with van der Waals surface area (Å²) in [6.07, 6.45) is 10.2. The third-order valence-corrected chi connectivity index (χ3v) is 10.4. The van der Waals surface area contributed by atoms with E-state index in [1.807, 2.05) is 6.07 Å². The Balaban J connectivity index is 1.18. The number of allylic oxidation sites excluding steroid dienone is 1. The van der Waals surface area contributed by atoms with Crippen LogP contribution < -0.4 is 5.56 Å². The van der Waals surface area contributed by atoms with Crippen LogP contribution in [0.25, 0.3) is 17.2 Å². The number of hydrogen-bond acceptors (Lipinski definition) is 5. The van der Waals surface area contributed by atoms with E-state index in [2.05, 4.69) is 67.1 Å². The first-order valence-electron chi connectivity index (χ1n) is 16.5. The van der Waals surface area contributed by atoms with Crippen molar-refractivity contribution in [1.82, 2.24) is 14.9 Å². The molecule has 0 amide bonds. The standard InChI is InChI=1S/C38H45N3O4/c1-38(2,3)32-9-10-33-30(20-32)18-29-19-31(21-34(29)40-33)35(42)22-27(14-17-41-15-12-26(13-16-41)37(44)45)24-4-6-25(7-5-24)28-8-11-36(43)39-23-28/h4-8,11,18-19,23,26-27,32H,9-10,12-17,20-22H2,1-3H3,(H,39,43)(H,44,45)/t27-,32-/m0/s1. The molecule has 0 bridgehead atoms. The predicted octanol–water partition coefficient (Wildman–Crippen LogP) is 6.46. The molecule has 7 nitrogen and oxygen atoms in total. The van der Waals surface area contributed by atoms with Gasteiger partial charge in [0.1, 0.15) is 0 Å². The van der Waals surface area contributed by atoms with Gasteiger partial charge in [0.05, 0.1) is 11.6 Å². The average Bonchev–Trinajstić information content (AvgIpc) is 3.45. The molecule has 45 heavy (non-hydrogen) atoms. The van der Waals surface area contributed by atoms with Crippen LogP contribution in [0.2, 0.25) is 0 Å². The van der Waals surface area contributed by atoms with E-state index in [1.54, 1.807) is 6.20 Å². The van der Waals surface area contributed by atoms with Crippen molar-refractivity contribution in [2.24, 2.45) is 17.3 Å². The Morgan fingerprint density at radius 3 is 2.42 bits per heavy atom. The van der Waals surface area contributed by atoms with Crippen molar-refractivity contribution in [1.29, 1.82) is 0 Å². The molecule has 0 unspecified atom stereocenters. The molecule has 236 valence electrons. The summed E-state index contributed by atoms with van der Waals surface area (Å²) in [6.45, 7) is 9.35. The fourth-order valence-electron chi connectivity index (χ4n) is 7.35. The number of pyridine rings is 2. The van der Waals surface area contributed by atoms with Crippen LogP contribution in [0.1, 0.15) is 86.9 Å². The number of ketones is 1. The number of carboxylic acid groups (broad SMARTS) is 1. The van der Waals surface area contributed by atoms with Crippen molar-refractivity contribution in [3.05, 3.63) is 92.7 Å². The Kier molecular flexibility index (Phi) is 8.91. The van der Waals surface area contributed by atoms with E-state index < -0.39 is 5.97 Å². The molecule has 1 aromatic carbocycles. The minimum Gasteiger partial charge on any atom is -0.481 e. The monoisotopic (exact) mass is 607 g/mol. The molecule has 2 aliphatic carbocycles. The number of likely N-dealkylation sites (tertiary alicyclic amines) is 1. The Morgan fingerprint density at radius 1 is 1.02 bits per heavy atom. The topological polar surface area (TPSA) is 103 Å². The summed E-state index contributed by atoms with van der Waals surface area (Å²) in [5.41, 5.74) is 8.76. The number of carbonyl (C=O) groups is 2. The third-order valence-electron chi connectivity index (χ3n) is 10.4. The lowest BCUT2D eigenvalue weighted by molar-refractivity contribution is -0.143. The number of aromatic amines is 1. The number of fused-ring (bicyclic) bond motifs is 2. The smallest absolute Gasteiger partial charge is 0.306 e. The number of nitrogens with zero attached hydrogens (tertiary/aromatic N) is 2. The van der Waals surface area contributed by atoms with Gasteiger partial charge >= 0.3 is 5.97 Å². The van der Waals surface area contributed by atoms with Crippen molar-refractivity contribution in [3.63, 3.8) is 0 Å². The molecule has 2 N–H and O–H groups in total. The van der Waals surface area contributed by atoms with Crippen LogP contribution in [0.3, 0.4) is 0 Å². The van der Waals surface area contributed by atoms with Crippen LogP contribution in [-0.2, 0) is 28.9 Å². The number of Topliss-reactive ketones (excluding diaryl/α,β-unsaturated/α-hetero) is 1. The molecular weight excluding hydrogens is 562 g/mol. The van der Waals surface area contributed by atoms with Crippen molar-refractivity contribution in [2.45, 2.75) is 78.1 Å². The number of hydrogen-bond donors (Lipinski definition) is 2. The number of benzene rings is 1. The van der Waals surface area contributed by atoms with Crippen LogP contribution in [0.15, 0.2) is 59.0 Å². The highest BCUT2D eigenvalue weighted by molar-refractivity contribution is 6.02. The lowest BCUT2D eigenvalue weighted by atomic mass is 9.71. The highest BCUT2D eigenvalue weighted by Crippen LogP contribution is 2.39. The van der Waals surface area contributed by atoms with Gasteiger partial charge in [-0.2, -0.15) is 0 Å². The Labute approximate surface area is 265 Å². The van der Waals surface area contributed by atoms with Crippen molar-refractivity contribution < 1.29 is 14.7 Å². The quantitative estimate of drug-likeness (QED) is 0.290. The summed E-state index contributed by atoms with van der Waals surface area (Å²) in [6, 6.07) is 14.0. The van der Waals surface area contributed by atoms with Gasteiger partial charge in [-0.05, 0) is 121 Å². The molecule has 0 spiro atoms. The van der Waals surface area contributed by atoms with Crippen LogP contribution in [-0.4, -0.2) is 51.4 Å². The van der Waals surface area contributed by atoms with Gasteiger partial charge in [0, 0.05) is 36.4 Å². The van der Waals surface area contributed by atoms with Crippen LogP contribution in [0.5, 0.6) is 0 Å². The molecule has 3 aromatic rings. The van der Waals surface area contributed by atoms with Gasteiger partial charge in [0.2, 0.25) is 5.56 Å². The molecule has 3 heterocycles. The number of aryl methyl sites for hydroxylation is 1. The predicted molar refractivity (Wildman–Crippen MR) is 177 cm³/mol. The first-order chi connectivity index (χ1) is 21.5. The average molecular weight is 608 g/mol. The second-order valence-electron chi connectivity index (χ2n) is 14.4. The van der Waals surface area contributed by atoms with Gasteiger partial charge in [-0.25, -0.2) is 0 Å². The van der Waals surface area contributed by atoms with E-state index in [0.717, 1.165) is 78.8 Å². The summed E-state index contributed by atoms with van der Waals surface area (Å²) in [5, 5.41) is 9.40. The molecule has 2 aromatic heterocycles. The second kappa shape index (κ2) is 12.9. The maximum atomic E-state index is 13.9. The number of nitrogens with one attached hydrogen (secondary N) is 1. The van der Waals surface area contributed by atoms with E-state index in [-0.39, 0.29) is 28.6 Å². The maximum Gasteiger partial charge on any atom is 0.306 e. The Hall–Kier alpha value is -3.84. The summed E-state index contributed by atoms with van der Waals surface area (Å²) in [4.78, 5) is 47.0. The largest absolute Gasteiger partial charge is 0.481 e. The summed E-state index contributed by atoms with van der Waals surface area (Å²) in [7, 11) is 0. The molecule has 0 radical (unpaired) electrons. The second-order valence-corrected chi connectivity index (χ2v) is 14.4. The highest BCUT2D eigenvalue weighted by Gasteiger charge is 2.32. The van der Waals surface area contributed by atoms with E-state index in [9.17, 15) is 19.5 Å². The number of rotatable bonds is 9. The molecule has 3 aliphatic rings. The zero-order valence-corrected chi connectivity index (χ0v) is 26.8. The van der Waals surface area contributed by atoms with Gasteiger partial charge in [-0.3, -0.25) is 19.4 Å². The maximum absolute atomic E-state index is 13.9. The number of aliphatic carboxylic acids is 1. The fourth-order valence-corrected chi connectivity index (χ4v) is 7.35. The van der Waals surface area contributed by atoms with Crippen molar-refractivity contribution >= 4 is 17.8 Å². The Morgan fingerprint density at radius 2 is 1.76 bits per heavy atom. The highest BCUT2D eigenvalue weighted by atomic mass is 16.4. The molecule has 7 heteroatoms. The zero-order chi connectivity index (χ0) is 31.7. The van der Waals surface area contributed by atoms with Gasteiger partial charge < -0.3 is 15.0 Å². The molecule has 1 fully saturated rings. The minimum atomic E-state index is -0.698. The third kappa shape index (κ3) is 7.19. The molecule has 1 aliphatic heterocycles. The molecule has 2 atom stereocenters. The van der Waals surface area contributed by atoms with Crippen molar-refractivity contribution in [2.75, 3.05) is 19.6 Å². The summed E-state index contributed by atoms with van der Waals surface area (Å²) < 4.78 is 0. The van der Waals surface area contributed by atoms with Gasteiger partial charge in [-0.1, -0.05) is 45.0 Å². The van der Waals surface area contributed by atoms with E-state index in [1.165, 1.54) is 17.3 Å². The first-order valence-corrected chi connectivity index (χ1v) is 16.5. The molecule has 0 saturated carbocycles. The normalized spacial score (nSPS) is 19.4. The summed E-state index contributed by atoms with van der Waals surface area (Å²) in [5.74, 6) is -0.0948. The van der Waals surface area contributed by atoms with Crippen molar-refractivity contribution in [3.8, 4) is 11.1 Å². The lowest BCUT2D eigenvalue weighted by Gasteiger charge is -2.34. The van der Waals surface area contributed by atoms with Gasteiger partial charge in [-0.15, -0.1) is 0 Å². The molecule has 6 rings (SSSR count). The fraction of sp³-hybridized carbons (Fsp3) is 0.474. The van der Waals surface area contributed by atoms with Crippen LogP contribution in [0.4, 0.5) is 0 Å². The number of aromatic nitrogens is 2. The number of carbonyl (C=O) groups excluding carboxylic acids is 1. The van der Waals surface area contributed by atoms with Crippen LogP contribution >= 0.6 is 0 Å². The zero-order valence-electron chi connectivity index (χ0n) is 26.8. The lowest BCUT2D eigenvalue weighted by Crippen LogP contribution is -2.37. The SMILES string of the molecule is CC(C)(C)[C@H]1CCc2nc3c(cc2C1)C=C(C(=O)C[C@H](CCN1CCC(C(=O)O)CC1)c1ccc(-c2ccc(=O)[nH]c2)cc1)C3. The van der Waals surface area contributed by atoms with E-state index in [0.29, 0.717) is 31.6 Å². The van der Waals surface area contributed by atoms with E-state index in [4.69, 9.17) is 4.98 Å². The minimum absolute atomic E-state index is 0.0395. The van der Waals surface area contributed by atoms with E-state index >= 15 is 0 Å². The van der Waals surface area contributed by atoms with Gasteiger partial charge in [0.25, 0.3) is 0 Å².